The topological polar surface area (TPSA) is 55.1 Å². The largest absolute Gasteiger partial charge is 0.352 e. The first kappa shape index (κ1) is 13.8. The van der Waals surface area contributed by atoms with Crippen molar-refractivity contribution in [3.05, 3.63) is 71.8 Å². The molecule has 0 spiro atoms. The summed E-state index contributed by atoms with van der Waals surface area (Å²) in [5.74, 6) is 0.222. The number of nitrogens with two attached hydrogens (primary N) is 1. The van der Waals surface area contributed by atoms with Gasteiger partial charge >= 0.3 is 0 Å². The molecule has 2 aromatic carbocycles. The van der Waals surface area contributed by atoms with Gasteiger partial charge in [-0.1, -0.05) is 60.7 Å². The molecule has 3 rings (SSSR count). The molecule has 3 atom stereocenters. The molecule has 0 radical (unpaired) electrons. The maximum atomic E-state index is 12.4. The third-order valence-electron chi connectivity index (χ3n) is 4.10. The van der Waals surface area contributed by atoms with Gasteiger partial charge in [0.15, 0.2) is 0 Å². The Bertz CT molecular complexity index is 597. The summed E-state index contributed by atoms with van der Waals surface area (Å²) in [6, 6.07) is 20.3. The zero-order valence-electron chi connectivity index (χ0n) is 11.9. The van der Waals surface area contributed by atoms with Crippen LogP contribution < -0.4 is 11.1 Å². The van der Waals surface area contributed by atoms with Crippen molar-refractivity contribution in [1.82, 2.24) is 5.32 Å². The minimum atomic E-state index is -0.261. The highest BCUT2D eigenvalue weighted by atomic mass is 16.2. The van der Waals surface area contributed by atoms with Gasteiger partial charge in [0.1, 0.15) is 0 Å². The first-order valence-electron chi connectivity index (χ1n) is 7.40. The maximum Gasteiger partial charge on any atom is 0.229 e. The summed E-state index contributed by atoms with van der Waals surface area (Å²) in [5, 5.41) is 3.13. The monoisotopic (exact) mass is 280 g/mol. The van der Waals surface area contributed by atoms with Crippen molar-refractivity contribution in [2.24, 2.45) is 5.73 Å². The van der Waals surface area contributed by atoms with E-state index in [4.69, 9.17) is 5.73 Å². The molecule has 1 aliphatic carbocycles. The van der Waals surface area contributed by atoms with Crippen LogP contribution in [-0.4, -0.2) is 18.5 Å². The van der Waals surface area contributed by atoms with Gasteiger partial charge in [-0.05, 0) is 17.5 Å². The molecule has 21 heavy (non-hydrogen) atoms. The second-order valence-electron chi connectivity index (χ2n) is 5.57. The fourth-order valence-electron chi connectivity index (χ4n) is 2.79. The predicted octanol–water partition coefficient (Wildman–Crippen LogP) is 2.40. The molecule has 0 aliphatic heterocycles. The van der Waals surface area contributed by atoms with Gasteiger partial charge in [-0.25, -0.2) is 0 Å². The van der Waals surface area contributed by atoms with Crippen LogP contribution in [0, 0.1) is 0 Å². The lowest BCUT2D eigenvalue weighted by atomic mass is 9.98. The molecule has 1 fully saturated rings. The van der Waals surface area contributed by atoms with Crippen LogP contribution >= 0.6 is 0 Å². The van der Waals surface area contributed by atoms with Crippen molar-refractivity contribution < 1.29 is 4.79 Å². The van der Waals surface area contributed by atoms with Gasteiger partial charge in [0, 0.05) is 18.5 Å². The molecule has 1 aliphatic rings. The van der Waals surface area contributed by atoms with E-state index in [1.54, 1.807) is 0 Å². The standard InChI is InChI=1S/C18H20N2O/c19-12-16(14-9-5-2-6-10-14)18(21)20-17-11-15(17)13-7-3-1-4-8-13/h1-10,15-17H,11-12,19H2,(H,20,21). The van der Waals surface area contributed by atoms with E-state index in [1.165, 1.54) is 5.56 Å². The van der Waals surface area contributed by atoms with Gasteiger partial charge < -0.3 is 11.1 Å². The SMILES string of the molecule is NCC(C(=O)NC1CC1c1ccccc1)c1ccccc1. The molecule has 3 heteroatoms. The quantitative estimate of drug-likeness (QED) is 0.883. The van der Waals surface area contributed by atoms with Gasteiger partial charge in [-0.2, -0.15) is 0 Å². The fraction of sp³-hybridized carbons (Fsp3) is 0.278. The van der Waals surface area contributed by atoms with Crippen LogP contribution in [0.5, 0.6) is 0 Å². The zero-order valence-corrected chi connectivity index (χ0v) is 11.9. The van der Waals surface area contributed by atoms with Crippen LogP contribution in [0.25, 0.3) is 0 Å². The second-order valence-corrected chi connectivity index (χ2v) is 5.57. The van der Waals surface area contributed by atoms with Gasteiger partial charge in [0.25, 0.3) is 0 Å². The highest BCUT2D eigenvalue weighted by Gasteiger charge is 2.40. The molecule has 3 nitrogen and oxygen atoms in total. The fourth-order valence-corrected chi connectivity index (χ4v) is 2.79. The van der Waals surface area contributed by atoms with Crippen molar-refractivity contribution in [1.29, 1.82) is 0 Å². The van der Waals surface area contributed by atoms with E-state index in [1.807, 2.05) is 48.5 Å². The molecule has 0 saturated heterocycles. The van der Waals surface area contributed by atoms with E-state index in [-0.39, 0.29) is 17.9 Å². The number of carbonyl (C=O) groups is 1. The molecule has 3 N–H and O–H groups in total. The molecule has 1 amide bonds. The zero-order chi connectivity index (χ0) is 14.7. The Labute approximate surface area is 125 Å². The Balaban J connectivity index is 1.62. The summed E-state index contributed by atoms with van der Waals surface area (Å²) in [7, 11) is 0. The molecule has 0 bridgehead atoms. The average molecular weight is 280 g/mol. The van der Waals surface area contributed by atoms with Gasteiger partial charge in [-0.3, -0.25) is 4.79 Å². The molecular formula is C18H20N2O. The molecule has 0 heterocycles. The van der Waals surface area contributed by atoms with Crippen LogP contribution in [0.2, 0.25) is 0 Å². The van der Waals surface area contributed by atoms with Crippen LogP contribution in [0.1, 0.15) is 29.4 Å². The Kier molecular flexibility index (Phi) is 4.02. The summed E-state index contributed by atoms with van der Waals surface area (Å²) < 4.78 is 0. The first-order chi connectivity index (χ1) is 10.3. The third kappa shape index (κ3) is 3.14. The summed E-state index contributed by atoms with van der Waals surface area (Å²) >= 11 is 0. The summed E-state index contributed by atoms with van der Waals surface area (Å²) in [4.78, 5) is 12.4. The molecule has 1 saturated carbocycles. The molecular weight excluding hydrogens is 260 g/mol. The van der Waals surface area contributed by atoms with E-state index in [2.05, 4.69) is 17.4 Å². The normalized spacial score (nSPS) is 21.6. The first-order valence-corrected chi connectivity index (χ1v) is 7.40. The van der Waals surface area contributed by atoms with Crippen molar-refractivity contribution in [2.45, 2.75) is 24.3 Å². The van der Waals surface area contributed by atoms with E-state index in [9.17, 15) is 4.79 Å². The molecule has 108 valence electrons. The van der Waals surface area contributed by atoms with E-state index < -0.39 is 0 Å². The molecule has 2 aromatic rings. The minimum Gasteiger partial charge on any atom is -0.352 e. The number of hydrogen-bond acceptors (Lipinski definition) is 2. The highest BCUT2D eigenvalue weighted by Crippen LogP contribution is 2.40. The average Bonchev–Trinajstić information content (AvgIpc) is 3.29. The minimum absolute atomic E-state index is 0.0344. The van der Waals surface area contributed by atoms with Crippen LogP contribution in [0.4, 0.5) is 0 Å². The van der Waals surface area contributed by atoms with Crippen LogP contribution in [-0.2, 0) is 4.79 Å². The number of amides is 1. The summed E-state index contributed by atoms with van der Waals surface area (Å²) in [6.07, 6.45) is 1.02. The number of benzene rings is 2. The van der Waals surface area contributed by atoms with Gasteiger partial charge in [-0.15, -0.1) is 0 Å². The van der Waals surface area contributed by atoms with E-state index in [0.29, 0.717) is 12.5 Å². The highest BCUT2D eigenvalue weighted by molar-refractivity contribution is 5.84. The van der Waals surface area contributed by atoms with Gasteiger partial charge in [0.2, 0.25) is 5.91 Å². The number of hydrogen-bond donors (Lipinski definition) is 2. The second kappa shape index (κ2) is 6.10. The van der Waals surface area contributed by atoms with Crippen LogP contribution in [0.3, 0.4) is 0 Å². The smallest absolute Gasteiger partial charge is 0.229 e. The molecule has 3 unspecified atom stereocenters. The number of carbonyl (C=O) groups excluding carboxylic acids is 1. The number of nitrogens with one attached hydrogen (secondary N) is 1. The summed E-state index contributed by atoms with van der Waals surface area (Å²) in [5.41, 5.74) is 8.07. The summed E-state index contributed by atoms with van der Waals surface area (Å²) in [6.45, 7) is 0.332. The van der Waals surface area contributed by atoms with E-state index in [0.717, 1.165) is 12.0 Å². The third-order valence-corrected chi connectivity index (χ3v) is 4.10. The van der Waals surface area contributed by atoms with Crippen molar-refractivity contribution in [3.63, 3.8) is 0 Å². The predicted molar refractivity (Wildman–Crippen MR) is 84.0 cm³/mol. The number of rotatable bonds is 5. The Morgan fingerprint density at radius 2 is 1.71 bits per heavy atom. The lowest BCUT2D eigenvalue weighted by molar-refractivity contribution is -0.122. The molecule has 0 aromatic heterocycles. The lowest BCUT2D eigenvalue weighted by Crippen LogP contribution is -2.35. The Morgan fingerprint density at radius 1 is 1.10 bits per heavy atom. The van der Waals surface area contributed by atoms with Crippen molar-refractivity contribution >= 4 is 5.91 Å². The van der Waals surface area contributed by atoms with Crippen molar-refractivity contribution in [3.8, 4) is 0 Å². The maximum absolute atomic E-state index is 12.4. The Hall–Kier alpha value is -2.13. The Morgan fingerprint density at radius 3 is 2.33 bits per heavy atom. The lowest BCUT2D eigenvalue weighted by Gasteiger charge is -2.15. The van der Waals surface area contributed by atoms with E-state index >= 15 is 0 Å². The van der Waals surface area contributed by atoms with Gasteiger partial charge in [0.05, 0.1) is 5.92 Å². The van der Waals surface area contributed by atoms with Crippen molar-refractivity contribution in [2.75, 3.05) is 6.54 Å². The van der Waals surface area contributed by atoms with Crippen LogP contribution in [0.15, 0.2) is 60.7 Å².